The van der Waals surface area contributed by atoms with Crippen molar-refractivity contribution in [1.29, 1.82) is 0 Å². The summed E-state index contributed by atoms with van der Waals surface area (Å²) in [6.07, 6.45) is 5.00. The van der Waals surface area contributed by atoms with E-state index in [1.807, 2.05) is 17.0 Å². The van der Waals surface area contributed by atoms with Gasteiger partial charge in [0.1, 0.15) is 5.75 Å². The number of amides is 1. The van der Waals surface area contributed by atoms with Crippen LogP contribution >= 0.6 is 0 Å². The van der Waals surface area contributed by atoms with E-state index >= 15 is 0 Å². The first kappa shape index (κ1) is 16.8. The van der Waals surface area contributed by atoms with E-state index in [1.165, 1.54) is 12.0 Å². The van der Waals surface area contributed by atoms with Crippen molar-refractivity contribution >= 4 is 5.91 Å². The number of carbonyl (C=O) groups is 1. The fraction of sp³-hybridized carbons (Fsp3) is 0.611. The highest BCUT2D eigenvalue weighted by Gasteiger charge is 2.23. The second-order valence-corrected chi connectivity index (χ2v) is 5.98. The molecular formula is C18H27NO3. The molecule has 0 aromatic heterocycles. The largest absolute Gasteiger partial charge is 0.497 e. The molecule has 0 saturated carbocycles. The summed E-state index contributed by atoms with van der Waals surface area (Å²) in [5.74, 6) is 1.75. The highest BCUT2D eigenvalue weighted by atomic mass is 16.5. The molecule has 1 aliphatic rings. The quantitative estimate of drug-likeness (QED) is 0.777. The Kier molecular flexibility index (Phi) is 6.72. The molecule has 0 bridgehead atoms. The van der Waals surface area contributed by atoms with Crippen molar-refractivity contribution in [3.63, 3.8) is 0 Å². The van der Waals surface area contributed by atoms with Gasteiger partial charge in [0.15, 0.2) is 0 Å². The van der Waals surface area contributed by atoms with Crippen molar-refractivity contribution in [3.05, 3.63) is 29.8 Å². The molecule has 1 heterocycles. The molecular weight excluding hydrogens is 278 g/mol. The maximum atomic E-state index is 12.1. The lowest BCUT2D eigenvalue weighted by Crippen LogP contribution is -2.40. The van der Waals surface area contributed by atoms with Gasteiger partial charge in [-0.1, -0.05) is 12.1 Å². The first-order chi connectivity index (χ1) is 10.7. The third-order valence-corrected chi connectivity index (χ3v) is 4.37. The molecule has 0 radical (unpaired) electrons. The van der Waals surface area contributed by atoms with Crippen molar-refractivity contribution in [2.75, 3.05) is 33.9 Å². The number of aryl methyl sites for hydroxylation is 1. The summed E-state index contributed by atoms with van der Waals surface area (Å²) in [5, 5.41) is 0. The van der Waals surface area contributed by atoms with Gasteiger partial charge in [-0.2, -0.15) is 0 Å². The Bertz CT molecular complexity index is 475. The molecule has 0 spiro atoms. The van der Waals surface area contributed by atoms with Crippen LogP contribution in [0.5, 0.6) is 5.75 Å². The van der Waals surface area contributed by atoms with Crippen molar-refractivity contribution < 1.29 is 14.3 Å². The summed E-state index contributed by atoms with van der Waals surface area (Å²) in [6, 6.07) is 8.26. The highest BCUT2D eigenvalue weighted by Crippen LogP contribution is 2.23. The molecule has 1 aliphatic heterocycles. The summed E-state index contributed by atoms with van der Waals surface area (Å²) in [5.41, 5.74) is 1.31. The number of piperidine rings is 1. The van der Waals surface area contributed by atoms with E-state index in [0.29, 0.717) is 18.9 Å². The van der Waals surface area contributed by atoms with Crippen molar-refractivity contribution in [2.24, 2.45) is 5.92 Å². The number of hydrogen-bond donors (Lipinski definition) is 0. The molecule has 1 aromatic carbocycles. The number of hydrogen-bond acceptors (Lipinski definition) is 3. The number of likely N-dealkylation sites (tertiary alicyclic amines) is 1. The zero-order valence-electron chi connectivity index (χ0n) is 13.7. The first-order valence-corrected chi connectivity index (χ1v) is 8.12. The average Bonchev–Trinajstić information content (AvgIpc) is 2.58. The highest BCUT2D eigenvalue weighted by molar-refractivity contribution is 5.76. The van der Waals surface area contributed by atoms with Gasteiger partial charge in [0.25, 0.3) is 0 Å². The van der Waals surface area contributed by atoms with Crippen LogP contribution in [0.1, 0.15) is 31.2 Å². The minimum absolute atomic E-state index is 0.230. The molecule has 1 atom stereocenters. The molecule has 0 unspecified atom stereocenters. The lowest BCUT2D eigenvalue weighted by molar-refractivity contribution is -0.134. The molecule has 22 heavy (non-hydrogen) atoms. The number of methoxy groups -OCH3 is 2. The van der Waals surface area contributed by atoms with E-state index in [4.69, 9.17) is 9.47 Å². The van der Waals surface area contributed by atoms with Gasteiger partial charge in [0.2, 0.25) is 5.91 Å². The predicted octanol–water partition coefficient (Wildman–Crippen LogP) is 2.90. The smallest absolute Gasteiger partial charge is 0.224 e. The van der Waals surface area contributed by atoms with Crippen molar-refractivity contribution in [2.45, 2.75) is 32.1 Å². The van der Waals surface area contributed by atoms with E-state index < -0.39 is 0 Å². The third kappa shape index (κ3) is 5.02. The molecule has 2 rings (SSSR count). The first-order valence-electron chi connectivity index (χ1n) is 8.12. The Morgan fingerprint density at radius 3 is 3.00 bits per heavy atom. The summed E-state index contributed by atoms with van der Waals surface area (Å²) in [4.78, 5) is 14.1. The Morgan fingerprint density at radius 1 is 1.36 bits per heavy atom. The second kappa shape index (κ2) is 8.79. The monoisotopic (exact) mass is 305 g/mol. The standard InChI is InChI=1S/C18H27NO3/c1-21-12-10-18(20)19-11-4-6-16(14-19)9-8-15-5-3-7-17(13-15)22-2/h3,5,7,13,16H,4,6,8-12,14H2,1-2H3/t16-/m0/s1. The molecule has 4 heteroatoms. The fourth-order valence-corrected chi connectivity index (χ4v) is 3.07. The van der Waals surface area contributed by atoms with Gasteiger partial charge in [-0.05, 0) is 49.3 Å². The predicted molar refractivity (Wildman–Crippen MR) is 87.1 cm³/mol. The van der Waals surface area contributed by atoms with E-state index in [0.717, 1.165) is 38.1 Å². The van der Waals surface area contributed by atoms with Crippen LogP contribution in [0.3, 0.4) is 0 Å². The fourth-order valence-electron chi connectivity index (χ4n) is 3.07. The Morgan fingerprint density at radius 2 is 2.23 bits per heavy atom. The number of nitrogens with zero attached hydrogens (tertiary/aromatic N) is 1. The minimum Gasteiger partial charge on any atom is -0.497 e. The molecule has 4 nitrogen and oxygen atoms in total. The summed E-state index contributed by atoms with van der Waals surface area (Å²) in [7, 11) is 3.34. The SMILES string of the molecule is COCCC(=O)N1CCC[C@@H](CCc2cccc(OC)c2)C1. The third-order valence-electron chi connectivity index (χ3n) is 4.37. The Balaban J connectivity index is 1.81. The zero-order chi connectivity index (χ0) is 15.8. The molecule has 1 saturated heterocycles. The lowest BCUT2D eigenvalue weighted by atomic mass is 9.91. The van der Waals surface area contributed by atoms with Crippen LogP contribution in [-0.4, -0.2) is 44.7 Å². The zero-order valence-corrected chi connectivity index (χ0v) is 13.7. The van der Waals surface area contributed by atoms with E-state index in [2.05, 4.69) is 12.1 Å². The van der Waals surface area contributed by atoms with Crippen LogP contribution in [0.15, 0.2) is 24.3 Å². The lowest BCUT2D eigenvalue weighted by Gasteiger charge is -2.33. The Hall–Kier alpha value is -1.55. The normalized spacial score (nSPS) is 18.3. The molecule has 1 fully saturated rings. The van der Waals surface area contributed by atoms with Crippen molar-refractivity contribution in [1.82, 2.24) is 4.90 Å². The molecule has 1 amide bonds. The van der Waals surface area contributed by atoms with Crippen LogP contribution in [0.25, 0.3) is 0 Å². The average molecular weight is 305 g/mol. The van der Waals surface area contributed by atoms with Gasteiger partial charge in [0, 0.05) is 20.2 Å². The van der Waals surface area contributed by atoms with E-state index in [9.17, 15) is 4.79 Å². The van der Waals surface area contributed by atoms with E-state index in [1.54, 1.807) is 14.2 Å². The minimum atomic E-state index is 0.230. The number of carbonyl (C=O) groups excluding carboxylic acids is 1. The van der Waals surface area contributed by atoms with Crippen LogP contribution in [0.2, 0.25) is 0 Å². The number of benzene rings is 1. The van der Waals surface area contributed by atoms with Crippen molar-refractivity contribution in [3.8, 4) is 5.75 Å². The van der Waals surface area contributed by atoms with Crippen LogP contribution in [0.4, 0.5) is 0 Å². The maximum absolute atomic E-state index is 12.1. The number of ether oxygens (including phenoxy) is 2. The van der Waals surface area contributed by atoms with Crippen LogP contribution in [0, 0.1) is 5.92 Å². The molecule has 0 aliphatic carbocycles. The molecule has 122 valence electrons. The van der Waals surface area contributed by atoms with E-state index in [-0.39, 0.29) is 5.91 Å². The van der Waals surface area contributed by atoms with Gasteiger partial charge in [-0.3, -0.25) is 4.79 Å². The van der Waals surface area contributed by atoms with Crippen LogP contribution in [-0.2, 0) is 16.0 Å². The van der Waals surface area contributed by atoms with Gasteiger partial charge in [-0.15, -0.1) is 0 Å². The van der Waals surface area contributed by atoms with Gasteiger partial charge in [0.05, 0.1) is 20.1 Å². The van der Waals surface area contributed by atoms with Gasteiger partial charge in [-0.25, -0.2) is 0 Å². The Labute approximate surface area is 133 Å². The molecule has 1 aromatic rings. The summed E-state index contributed by atoms with van der Waals surface area (Å²) >= 11 is 0. The van der Waals surface area contributed by atoms with Gasteiger partial charge < -0.3 is 14.4 Å². The summed E-state index contributed by atoms with van der Waals surface area (Å²) in [6.45, 7) is 2.31. The summed E-state index contributed by atoms with van der Waals surface area (Å²) < 4.78 is 10.3. The topological polar surface area (TPSA) is 38.8 Å². The maximum Gasteiger partial charge on any atom is 0.224 e. The van der Waals surface area contributed by atoms with Gasteiger partial charge >= 0.3 is 0 Å². The molecule has 0 N–H and O–H groups in total. The van der Waals surface area contributed by atoms with Crippen LogP contribution < -0.4 is 4.74 Å². The number of rotatable bonds is 7. The second-order valence-electron chi connectivity index (χ2n) is 5.98.